The molecule has 1 unspecified atom stereocenters. The van der Waals surface area contributed by atoms with Gasteiger partial charge >= 0.3 is 12.0 Å². The topological polar surface area (TPSA) is 69.6 Å². The van der Waals surface area contributed by atoms with Gasteiger partial charge in [-0.15, -0.1) is 0 Å². The van der Waals surface area contributed by atoms with E-state index in [1.807, 2.05) is 37.3 Å². The summed E-state index contributed by atoms with van der Waals surface area (Å²) in [5.41, 5.74) is 0.900. The van der Waals surface area contributed by atoms with E-state index in [-0.39, 0.29) is 12.1 Å². The Bertz CT molecular complexity index is 490. The van der Waals surface area contributed by atoms with E-state index in [1.54, 1.807) is 4.90 Å². The third-order valence-electron chi connectivity index (χ3n) is 3.94. The lowest BCUT2D eigenvalue weighted by Gasteiger charge is -2.34. The van der Waals surface area contributed by atoms with Crippen molar-refractivity contribution in [1.82, 2.24) is 10.2 Å². The van der Waals surface area contributed by atoms with Crippen LogP contribution in [0.15, 0.2) is 30.3 Å². The number of carbonyl (C=O) groups is 2. The number of nitrogens with one attached hydrogen (secondary N) is 1. The molecule has 0 spiro atoms. The molecule has 1 aliphatic rings. The number of rotatable bonds is 4. The summed E-state index contributed by atoms with van der Waals surface area (Å²) in [6.45, 7) is 2.70. The smallest absolute Gasteiger partial charge is 0.326 e. The van der Waals surface area contributed by atoms with Crippen LogP contribution in [0.1, 0.15) is 31.7 Å². The molecule has 2 N–H and O–H groups in total. The molecule has 5 nitrogen and oxygen atoms in total. The Morgan fingerprint density at radius 3 is 2.67 bits per heavy atom. The van der Waals surface area contributed by atoms with E-state index in [0.29, 0.717) is 13.0 Å². The number of carboxylic acids is 1. The van der Waals surface area contributed by atoms with E-state index in [4.69, 9.17) is 0 Å². The Kier molecular flexibility index (Phi) is 5.20. The predicted molar refractivity (Wildman–Crippen MR) is 80.1 cm³/mol. The van der Waals surface area contributed by atoms with Crippen molar-refractivity contribution >= 4 is 12.0 Å². The van der Waals surface area contributed by atoms with Crippen molar-refractivity contribution in [2.45, 2.75) is 44.7 Å². The van der Waals surface area contributed by atoms with E-state index in [9.17, 15) is 14.7 Å². The molecule has 5 heteroatoms. The van der Waals surface area contributed by atoms with Crippen molar-refractivity contribution < 1.29 is 14.7 Å². The number of carbonyl (C=O) groups excluding carboxylic acids is 1. The van der Waals surface area contributed by atoms with Crippen LogP contribution in [-0.2, 0) is 11.2 Å². The zero-order valence-electron chi connectivity index (χ0n) is 12.3. The minimum atomic E-state index is -1.00. The molecule has 1 aliphatic heterocycles. The SMILES string of the molecule is CC1CCCCN1C(=O)N[C@H](Cc1ccccc1)C(=O)O. The summed E-state index contributed by atoms with van der Waals surface area (Å²) < 4.78 is 0. The first-order chi connectivity index (χ1) is 10.1. The van der Waals surface area contributed by atoms with Crippen molar-refractivity contribution in [3.05, 3.63) is 35.9 Å². The number of hydrogen-bond donors (Lipinski definition) is 2. The third kappa shape index (κ3) is 4.21. The normalized spacial score (nSPS) is 19.9. The maximum atomic E-state index is 12.3. The van der Waals surface area contributed by atoms with Gasteiger partial charge in [0.1, 0.15) is 6.04 Å². The average molecular weight is 290 g/mol. The van der Waals surface area contributed by atoms with Gasteiger partial charge in [-0.25, -0.2) is 9.59 Å². The van der Waals surface area contributed by atoms with Crippen molar-refractivity contribution in [3.8, 4) is 0 Å². The molecule has 0 radical (unpaired) electrons. The maximum absolute atomic E-state index is 12.3. The lowest BCUT2D eigenvalue weighted by atomic mass is 10.0. The van der Waals surface area contributed by atoms with Gasteiger partial charge in [0.25, 0.3) is 0 Å². The molecule has 2 rings (SSSR count). The molecule has 21 heavy (non-hydrogen) atoms. The molecular weight excluding hydrogens is 268 g/mol. The van der Waals surface area contributed by atoms with Crippen LogP contribution in [0.3, 0.4) is 0 Å². The van der Waals surface area contributed by atoms with E-state index in [0.717, 1.165) is 24.8 Å². The van der Waals surface area contributed by atoms with Crippen LogP contribution in [0.5, 0.6) is 0 Å². The molecule has 2 atom stereocenters. The molecule has 1 fully saturated rings. The first-order valence-electron chi connectivity index (χ1n) is 7.42. The zero-order valence-corrected chi connectivity index (χ0v) is 12.3. The minimum absolute atomic E-state index is 0.171. The Hall–Kier alpha value is -2.04. The molecule has 1 heterocycles. The van der Waals surface area contributed by atoms with Gasteiger partial charge in [-0.3, -0.25) is 0 Å². The predicted octanol–water partition coefficient (Wildman–Crippen LogP) is 2.27. The molecular formula is C16H22N2O3. The summed E-state index contributed by atoms with van der Waals surface area (Å²) in [6, 6.07) is 8.35. The first kappa shape index (κ1) is 15.4. The van der Waals surface area contributed by atoms with Gasteiger partial charge in [-0.1, -0.05) is 30.3 Å². The molecule has 0 saturated carbocycles. The quantitative estimate of drug-likeness (QED) is 0.893. The van der Waals surface area contributed by atoms with Crippen LogP contribution in [0.4, 0.5) is 4.79 Å². The molecule has 0 aliphatic carbocycles. The monoisotopic (exact) mass is 290 g/mol. The van der Waals surface area contributed by atoms with Crippen LogP contribution in [0.2, 0.25) is 0 Å². The van der Waals surface area contributed by atoms with E-state index >= 15 is 0 Å². The maximum Gasteiger partial charge on any atom is 0.326 e. The summed E-state index contributed by atoms with van der Waals surface area (Å²) in [4.78, 5) is 25.4. The van der Waals surface area contributed by atoms with Gasteiger partial charge in [0.2, 0.25) is 0 Å². The second-order valence-electron chi connectivity index (χ2n) is 5.57. The fraction of sp³-hybridized carbons (Fsp3) is 0.500. The van der Waals surface area contributed by atoms with Gasteiger partial charge in [0, 0.05) is 19.0 Å². The van der Waals surface area contributed by atoms with Gasteiger partial charge < -0.3 is 15.3 Å². The second kappa shape index (κ2) is 7.11. The van der Waals surface area contributed by atoms with Gasteiger partial charge in [0.05, 0.1) is 0 Å². The number of hydrogen-bond acceptors (Lipinski definition) is 2. The highest BCUT2D eigenvalue weighted by atomic mass is 16.4. The second-order valence-corrected chi connectivity index (χ2v) is 5.57. The number of nitrogens with zero attached hydrogens (tertiary/aromatic N) is 1. The summed E-state index contributed by atoms with van der Waals surface area (Å²) in [5.74, 6) is -1.00. The first-order valence-corrected chi connectivity index (χ1v) is 7.42. The molecule has 0 aromatic heterocycles. The van der Waals surface area contributed by atoms with Gasteiger partial charge in [-0.05, 0) is 31.7 Å². The van der Waals surface area contributed by atoms with E-state index in [2.05, 4.69) is 5.32 Å². The number of piperidine rings is 1. The summed E-state index contributed by atoms with van der Waals surface area (Å²) in [5, 5.41) is 12.0. The van der Waals surface area contributed by atoms with Crippen molar-refractivity contribution in [2.24, 2.45) is 0 Å². The van der Waals surface area contributed by atoms with E-state index in [1.165, 1.54) is 0 Å². The number of amides is 2. The van der Waals surface area contributed by atoms with E-state index < -0.39 is 12.0 Å². The third-order valence-corrected chi connectivity index (χ3v) is 3.94. The summed E-state index contributed by atoms with van der Waals surface area (Å²) in [6.07, 6.45) is 3.37. The van der Waals surface area contributed by atoms with Crippen molar-refractivity contribution in [1.29, 1.82) is 0 Å². The standard InChI is InChI=1S/C16H22N2O3/c1-12-7-5-6-10-18(12)16(21)17-14(15(19)20)11-13-8-3-2-4-9-13/h2-4,8-9,12,14H,5-7,10-11H2,1H3,(H,17,21)(H,19,20)/t12?,14-/m1/s1. The molecule has 2 amide bonds. The Morgan fingerprint density at radius 1 is 1.33 bits per heavy atom. The van der Waals surface area contributed by atoms with Crippen LogP contribution in [0, 0.1) is 0 Å². The highest BCUT2D eigenvalue weighted by Crippen LogP contribution is 2.16. The van der Waals surface area contributed by atoms with Gasteiger partial charge in [-0.2, -0.15) is 0 Å². The van der Waals surface area contributed by atoms with Crippen LogP contribution in [0.25, 0.3) is 0 Å². The molecule has 0 bridgehead atoms. The van der Waals surface area contributed by atoms with Crippen LogP contribution < -0.4 is 5.32 Å². The average Bonchev–Trinajstić information content (AvgIpc) is 2.48. The lowest BCUT2D eigenvalue weighted by molar-refractivity contribution is -0.139. The molecule has 1 aromatic carbocycles. The summed E-state index contributed by atoms with van der Waals surface area (Å²) in [7, 11) is 0. The molecule has 1 saturated heterocycles. The largest absolute Gasteiger partial charge is 0.480 e. The molecule has 1 aromatic rings. The Morgan fingerprint density at radius 2 is 2.05 bits per heavy atom. The summed E-state index contributed by atoms with van der Waals surface area (Å²) >= 11 is 0. The lowest BCUT2D eigenvalue weighted by Crippen LogP contribution is -2.52. The van der Waals surface area contributed by atoms with Crippen LogP contribution >= 0.6 is 0 Å². The number of aliphatic carboxylic acids is 1. The molecule has 114 valence electrons. The highest BCUT2D eigenvalue weighted by molar-refractivity contribution is 5.83. The number of benzene rings is 1. The van der Waals surface area contributed by atoms with Crippen molar-refractivity contribution in [2.75, 3.05) is 6.54 Å². The number of likely N-dealkylation sites (tertiary alicyclic amines) is 1. The van der Waals surface area contributed by atoms with Gasteiger partial charge in [0.15, 0.2) is 0 Å². The Balaban J connectivity index is 1.99. The number of carboxylic acid groups (broad SMARTS) is 1. The fourth-order valence-corrected chi connectivity index (χ4v) is 2.68. The fourth-order valence-electron chi connectivity index (χ4n) is 2.68. The van der Waals surface area contributed by atoms with Crippen LogP contribution in [-0.4, -0.2) is 40.6 Å². The number of urea groups is 1. The highest BCUT2D eigenvalue weighted by Gasteiger charge is 2.27. The van der Waals surface area contributed by atoms with Crippen molar-refractivity contribution in [3.63, 3.8) is 0 Å². The minimum Gasteiger partial charge on any atom is -0.480 e. The Labute approximate surface area is 125 Å². The zero-order chi connectivity index (χ0) is 15.2.